The van der Waals surface area contributed by atoms with Crippen molar-refractivity contribution in [2.24, 2.45) is 0 Å². The summed E-state index contributed by atoms with van der Waals surface area (Å²) < 4.78 is 16.9. The molecule has 2 aromatic rings. The summed E-state index contributed by atoms with van der Waals surface area (Å²) in [7, 11) is 0. The standard InChI is InChI=1S/C21H26N2O6/c1-4-27-17-12-16(13-18(28-5-2)20(17)29-6-3)23-21(26)22-15-9-7-14(8-10-15)11-19(24)25/h7-10,12-13H,4-6,11H2,1-3H3,(H,24,25)(H2,22,23,26). The SMILES string of the molecule is CCOc1cc(NC(=O)Nc2ccc(CC(=O)O)cc2)cc(OCC)c1OCC. The molecule has 0 radical (unpaired) electrons. The molecule has 2 amide bonds. The Balaban J connectivity index is 2.14. The molecule has 156 valence electrons. The highest BCUT2D eigenvalue weighted by Crippen LogP contribution is 2.40. The summed E-state index contributed by atoms with van der Waals surface area (Å²) in [5, 5.41) is 14.3. The lowest BCUT2D eigenvalue weighted by Gasteiger charge is -2.17. The molecule has 29 heavy (non-hydrogen) atoms. The Morgan fingerprint density at radius 1 is 0.828 bits per heavy atom. The van der Waals surface area contributed by atoms with Crippen LogP contribution in [0.3, 0.4) is 0 Å². The maximum absolute atomic E-state index is 12.4. The minimum Gasteiger partial charge on any atom is -0.490 e. The van der Waals surface area contributed by atoms with E-state index in [4.69, 9.17) is 19.3 Å². The maximum atomic E-state index is 12.4. The molecule has 2 rings (SSSR count). The number of benzene rings is 2. The number of amides is 2. The number of hydrogen-bond acceptors (Lipinski definition) is 5. The van der Waals surface area contributed by atoms with Gasteiger partial charge >= 0.3 is 12.0 Å². The van der Waals surface area contributed by atoms with Crippen LogP contribution in [-0.2, 0) is 11.2 Å². The summed E-state index contributed by atoms with van der Waals surface area (Å²) in [5.41, 5.74) is 1.68. The molecule has 0 aliphatic rings. The van der Waals surface area contributed by atoms with E-state index in [9.17, 15) is 9.59 Å². The first-order valence-electron chi connectivity index (χ1n) is 9.41. The van der Waals surface area contributed by atoms with Gasteiger partial charge in [0, 0.05) is 17.8 Å². The zero-order valence-corrected chi connectivity index (χ0v) is 16.8. The van der Waals surface area contributed by atoms with E-state index in [0.29, 0.717) is 54.0 Å². The van der Waals surface area contributed by atoms with Gasteiger partial charge in [-0.1, -0.05) is 12.1 Å². The lowest BCUT2D eigenvalue weighted by atomic mass is 10.1. The van der Waals surface area contributed by atoms with E-state index >= 15 is 0 Å². The van der Waals surface area contributed by atoms with Gasteiger partial charge in [-0.15, -0.1) is 0 Å². The second-order valence-electron chi connectivity index (χ2n) is 5.95. The van der Waals surface area contributed by atoms with Crippen molar-refractivity contribution in [1.29, 1.82) is 0 Å². The summed E-state index contributed by atoms with van der Waals surface area (Å²) in [4.78, 5) is 23.1. The van der Waals surface area contributed by atoms with E-state index in [2.05, 4.69) is 10.6 Å². The molecule has 0 spiro atoms. The molecular formula is C21H26N2O6. The predicted octanol–water partition coefficient (Wildman–Crippen LogP) is 4.15. The average molecular weight is 402 g/mol. The second kappa shape index (κ2) is 10.8. The minimum atomic E-state index is -0.908. The van der Waals surface area contributed by atoms with Crippen molar-refractivity contribution in [3.63, 3.8) is 0 Å². The molecule has 0 unspecified atom stereocenters. The van der Waals surface area contributed by atoms with E-state index in [1.54, 1.807) is 36.4 Å². The summed E-state index contributed by atoms with van der Waals surface area (Å²) in [6, 6.07) is 9.49. The Bertz CT molecular complexity index is 809. The fourth-order valence-corrected chi connectivity index (χ4v) is 2.63. The smallest absolute Gasteiger partial charge is 0.323 e. The first kappa shape index (κ1) is 21.9. The molecule has 0 aliphatic carbocycles. The third-order valence-corrected chi connectivity index (χ3v) is 3.73. The fourth-order valence-electron chi connectivity index (χ4n) is 2.63. The Morgan fingerprint density at radius 3 is 1.83 bits per heavy atom. The van der Waals surface area contributed by atoms with E-state index in [0.717, 1.165) is 0 Å². The average Bonchev–Trinajstić information content (AvgIpc) is 2.66. The second-order valence-corrected chi connectivity index (χ2v) is 5.95. The van der Waals surface area contributed by atoms with Crippen molar-refractivity contribution >= 4 is 23.4 Å². The topological polar surface area (TPSA) is 106 Å². The normalized spacial score (nSPS) is 10.2. The number of nitrogens with one attached hydrogen (secondary N) is 2. The highest BCUT2D eigenvalue weighted by atomic mass is 16.5. The maximum Gasteiger partial charge on any atom is 0.323 e. The van der Waals surface area contributed by atoms with Crippen molar-refractivity contribution in [2.45, 2.75) is 27.2 Å². The number of carboxylic acid groups (broad SMARTS) is 1. The van der Waals surface area contributed by atoms with E-state index in [1.807, 2.05) is 20.8 Å². The third-order valence-electron chi connectivity index (χ3n) is 3.73. The van der Waals surface area contributed by atoms with Crippen LogP contribution >= 0.6 is 0 Å². The van der Waals surface area contributed by atoms with Gasteiger partial charge in [-0.25, -0.2) is 4.79 Å². The van der Waals surface area contributed by atoms with Crippen LogP contribution in [0.1, 0.15) is 26.3 Å². The van der Waals surface area contributed by atoms with Crippen LogP contribution in [0.2, 0.25) is 0 Å². The molecule has 0 aliphatic heterocycles. The Morgan fingerprint density at radius 2 is 1.34 bits per heavy atom. The minimum absolute atomic E-state index is 0.0704. The number of carbonyl (C=O) groups is 2. The quantitative estimate of drug-likeness (QED) is 0.551. The van der Waals surface area contributed by atoms with Crippen LogP contribution in [0.15, 0.2) is 36.4 Å². The van der Waals surface area contributed by atoms with Gasteiger partial charge in [0.05, 0.1) is 31.9 Å². The summed E-state index contributed by atoms with van der Waals surface area (Å²) in [6.07, 6.45) is -0.0704. The molecule has 0 atom stereocenters. The molecule has 3 N–H and O–H groups in total. The van der Waals surface area contributed by atoms with Crippen LogP contribution in [0, 0.1) is 0 Å². The van der Waals surface area contributed by atoms with Crippen molar-refractivity contribution in [3.05, 3.63) is 42.0 Å². The van der Waals surface area contributed by atoms with Gasteiger partial charge in [0.15, 0.2) is 11.5 Å². The number of hydrogen-bond donors (Lipinski definition) is 3. The number of aliphatic carboxylic acids is 1. The van der Waals surface area contributed by atoms with Gasteiger partial charge in [0.2, 0.25) is 5.75 Å². The molecular weight excluding hydrogens is 376 g/mol. The van der Waals surface area contributed by atoms with Crippen LogP contribution in [0.5, 0.6) is 17.2 Å². The molecule has 8 heteroatoms. The number of urea groups is 1. The highest BCUT2D eigenvalue weighted by molar-refractivity contribution is 6.00. The van der Waals surface area contributed by atoms with Crippen molar-refractivity contribution < 1.29 is 28.9 Å². The van der Waals surface area contributed by atoms with Gasteiger partial charge in [-0.05, 0) is 38.5 Å². The van der Waals surface area contributed by atoms with Crippen molar-refractivity contribution in [1.82, 2.24) is 0 Å². The Labute approximate surface area is 169 Å². The lowest BCUT2D eigenvalue weighted by molar-refractivity contribution is -0.136. The Hall–Kier alpha value is -3.42. The fraction of sp³-hybridized carbons (Fsp3) is 0.333. The first-order valence-corrected chi connectivity index (χ1v) is 9.41. The predicted molar refractivity (Wildman–Crippen MR) is 110 cm³/mol. The van der Waals surface area contributed by atoms with Gasteiger partial charge < -0.3 is 30.0 Å². The van der Waals surface area contributed by atoms with Crippen LogP contribution in [0.25, 0.3) is 0 Å². The third kappa shape index (κ3) is 6.60. The molecule has 0 fully saturated rings. The van der Waals surface area contributed by atoms with E-state index < -0.39 is 12.0 Å². The monoisotopic (exact) mass is 402 g/mol. The molecule has 0 saturated heterocycles. The van der Waals surface area contributed by atoms with Gasteiger partial charge in [0.25, 0.3) is 0 Å². The van der Waals surface area contributed by atoms with Crippen LogP contribution in [0.4, 0.5) is 16.2 Å². The highest BCUT2D eigenvalue weighted by Gasteiger charge is 2.16. The summed E-state index contributed by atoms with van der Waals surface area (Å²) >= 11 is 0. The van der Waals surface area contributed by atoms with E-state index in [1.165, 1.54) is 0 Å². The molecule has 2 aromatic carbocycles. The zero-order chi connectivity index (χ0) is 21.2. The number of anilines is 2. The van der Waals surface area contributed by atoms with E-state index in [-0.39, 0.29) is 6.42 Å². The summed E-state index contributed by atoms with van der Waals surface area (Å²) in [6.45, 7) is 6.90. The number of ether oxygens (including phenoxy) is 3. The largest absolute Gasteiger partial charge is 0.490 e. The van der Waals surface area contributed by atoms with Crippen molar-refractivity contribution in [3.8, 4) is 17.2 Å². The summed E-state index contributed by atoms with van der Waals surface area (Å²) in [5.74, 6) is 0.549. The van der Waals surface area contributed by atoms with Gasteiger partial charge in [-0.2, -0.15) is 0 Å². The number of rotatable bonds is 10. The van der Waals surface area contributed by atoms with Crippen molar-refractivity contribution in [2.75, 3.05) is 30.5 Å². The first-order chi connectivity index (χ1) is 14.0. The molecule has 8 nitrogen and oxygen atoms in total. The lowest BCUT2D eigenvalue weighted by Crippen LogP contribution is -2.19. The molecule has 0 saturated carbocycles. The number of carboxylic acids is 1. The molecule has 0 heterocycles. The molecule has 0 aromatic heterocycles. The Kier molecular flexibility index (Phi) is 8.14. The van der Waals surface area contributed by atoms with Gasteiger partial charge in [-0.3, -0.25) is 4.79 Å². The zero-order valence-electron chi connectivity index (χ0n) is 16.8. The van der Waals surface area contributed by atoms with Crippen LogP contribution in [-0.4, -0.2) is 36.9 Å². The molecule has 0 bridgehead atoms. The van der Waals surface area contributed by atoms with Crippen LogP contribution < -0.4 is 24.8 Å². The number of carbonyl (C=O) groups excluding carboxylic acids is 1. The van der Waals surface area contributed by atoms with Gasteiger partial charge in [0.1, 0.15) is 0 Å².